The quantitative estimate of drug-likeness (QED) is 0.528. The first-order valence-corrected chi connectivity index (χ1v) is 11.7. The molecule has 1 aliphatic carbocycles. The van der Waals surface area contributed by atoms with E-state index in [1.165, 1.54) is 35.0 Å². The van der Waals surface area contributed by atoms with Gasteiger partial charge in [-0.1, -0.05) is 13.8 Å². The van der Waals surface area contributed by atoms with Crippen LogP contribution in [0.2, 0.25) is 0 Å². The number of fused-ring (bicyclic) bond motifs is 2. The Hall–Kier alpha value is -3.95. The lowest BCUT2D eigenvalue weighted by Crippen LogP contribution is -2.34. The zero-order valence-electron chi connectivity index (χ0n) is 19.5. The molecule has 3 aromatic rings. The number of halogens is 1. The first-order chi connectivity index (χ1) is 16.7. The second-order valence-corrected chi connectivity index (χ2v) is 9.44. The van der Waals surface area contributed by atoms with Crippen LogP contribution in [0, 0.1) is 11.7 Å². The molecule has 2 amide bonds. The number of carbonyl (C=O) groups excluding carboxylic acids is 2. The second-order valence-electron chi connectivity index (χ2n) is 9.44. The van der Waals surface area contributed by atoms with E-state index < -0.39 is 17.3 Å². The summed E-state index contributed by atoms with van der Waals surface area (Å²) in [6, 6.07) is 4.36. The maximum atomic E-state index is 13.5. The van der Waals surface area contributed by atoms with Gasteiger partial charge in [-0.25, -0.2) is 4.39 Å². The smallest absolute Gasteiger partial charge is 0.291 e. The fourth-order valence-corrected chi connectivity index (χ4v) is 4.40. The number of benzene rings is 1. The molecular weight excluding hydrogens is 453 g/mol. The van der Waals surface area contributed by atoms with Gasteiger partial charge in [0, 0.05) is 36.5 Å². The van der Waals surface area contributed by atoms with Crippen molar-refractivity contribution in [2.75, 3.05) is 11.4 Å². The van der Waals surface area contributed by atoms with Gasteiger partial charge in [-0.2, -0.15) is 9.61 Å². The minimum Gasteiger partial charge on any atom is -0.494 e. The molecule has 0 bridgehead atoms. The summed E-state index contributed by atoms with van der Waals surface area (Å²) in [6.45, 7) is 4.65. The van der Waals surface area contributed by atoms with E-state index in [2.05, 4.69) is 10.4 Å². The second kappa shape index (κ2) is 8.68. The monoisotopic (exact) mass is 479 g/mol. The van der Waals surface area contributed by atoms with Crippen molar-refractivity contribution in [3.63, 3.8) is 0 Å². The Morgan fingerprint density at radius 3 is 2.80 bits per heavy atom. The molecule has 2 aliphatic rings. The average molecular weight is 480 g/mol. The largest absolute Gasteiger partial charge is 0.494 e. The molecule has 1 fully saturated rings. The SMILES string of the molecule is CC(C)Cn1c(O)c(C(=O)NC2CC2)c(=O)n2ncc(/C=C/C(=O)N3CCc4cc(F)ccc43)c12. The molecular formula is C25H26FN5O4. The molecule has 1 saturated carbocycles. The van der Waals surface area contributed by atoms with Gasteiger partial charge in [0.05, 0.1) is 6.20 Å². The van der Waals surface area contributed by atoms with Gasteiger partial charge in [-0.15, -0.1) is 0 Å². The summed E-state index contributed by atoms with van der Waals surface area (Å²) in [5, 5.41) is 17.9. The molecule has 1 aliphatic heterocycles. The maximum absolute atomic E-state index is 13.5. The van der Waals surface area contributed by atoms with Crippen molar-refractivity contribution < 1.29 is 19.1 Å². The van der Waals surface area contributed by atoms with Crippen LogP contribution in [0.15, 0.2) is 35.3 Å². The number of nitrogens with one attached hydrogen (secondary N) is 1. The normalized spacial score (nSPS) is 15.4. The minimum absolute atomic E-state index is 0.0184. The van der Waals surface area contributed by atoms with Gasteiger partial charge in [0.1, 0.15) is 11.5 Å². The van der Waals surface area contributed by atoms with Gasteiger partial charge < -0.3 is 15.3 Å². The van der Waals surface area contributed by atoms with Gasteiger partial charge in [-0.3, -0.25) is 19.0 Å². The first kappa shape index (κ1) is 22.8. The number of amides is 2. The molecule has 3 heterocycles. The summed E-state index contributed by atoms with van der Waals surface area (Å²) in [5.74, 6) is -1.60. The highest BCUT2D eigenvalue weighted by Crippen LogP contribution is 2.29. The third-order valence-corrected chi connectivity index (χ3v) is 6.21. The molecule has 0 radical (unpaired) electrons. The lowest BCUT2D eigenvalue weighted by Gasteiger charge is -2.17. The Morgan fingerprint density at radius 1 is 1.31 bits per heavy atom. The van der Waals surface area contributed by atoms with E-state index in [-0.39, 0.29) is 34.9 Å². The number of nitrogens with zero attached hydrogens (tertiary/aromatic N) is 4. The van der Waals surface area contributed by atoms with Crippen molar-refractivity contribution >= 4 is 29.2 Å². The van der Waals surface area contributed by atoms with Crippen LogP contribution >= 0.6 is 0 Å². The van der Waals surface area contributed by atoms with Crippen LogP contribution in [0.25, 0.3) is 11.7 Å². The van der Waals surface area contributed by atoms with Crippen LogP contribution in [0.1, 0.15) is 48.2 Å². The number of hydrogen-bond acceptors (Lipinski definition) is 5. The lowest BCUT2D eigenvalue weighted by molar-refractivity contribution is -0.114. The Labute approximate surface area is 200 Å². The summed E-state index contributed by atoms with van der Waals surface area (Å²) in [4.78, 5) is 40.3. The van der Waals surface area contributed by atoms with Crippen molar-refractivity contribution in [3.8, 4) is 5.88 Å². The van der Waals surface area contributed by atoms with Crippen LogP contribution in [0.3, 0.4) is 0 Å². The molecule has 5 rings (SSSR count). The van der Waals surface area contributed by atoms with Crippen LogP contribution in [-0.2, 0) is 17.8 Å². The number of anilines is 1. The van der Waals surface area contributed by atoms with E-state index in [0.29, 0.717) is 30.8 Å². The molecule has 2 aromatic heterocycles. The van der Waals surface area contributed by atoms with E-state index >= 15 is 0 Å². The van der Waals surface area contributed by atoms with E-state index in [1.54, 1.807) is 11.0 Å². The van der Waals surface area contributed by atoms with Crippen molar-refractivity contribution in [1.29, 1.82) is 0 Å². The topological polar surface area (TPSA) is 109 Å². The Morgan fingerprint density at radius 2 is 2.09 bits per heavy atom. The fourth-order valence-electron chi connectivity index (χ4n) is 4.40. The third kappa shape index (κ3) is 4.20. The summed E-state index contributed by atoms with van der Waals surface area (Å²) in [7, 11) is 0. The average Bonchev–Trinajstić information content (AvgIpc) is 3.35. The molecule has 0 spiro atoms. The highest BCUT2D eigenvalue weighted by molar-refractivity contribution is 6.05. The molecule has 0 saturated heterocycles. The number of carbonyl (C=O) groups is 2. The van der Waals surface area contributed by atoms with Crippen LogP contribution in [0.5, 0.6) is 5.88 Å². The zero-order chi connectivity index (χ0) is 24.9. The van der Waals surface area contributed by atoms with Gasteiger partial charge in [0.15, 0.2) is 5.56 Å². The van der Waals surface area contributed by atoms with E-state index in [9.17, 15) is 23.9 Å². The molecule has 9 nitrogen and oxygen atoms in total. The molecule has 10 heteroatoms. The number of rotatable bonds is 6. The molecule has 1 aromatic carbocycles. The van der Waals surface area contributed by atoms with Gasteiger partial charge in [0.25, 0.3) is 17.4 Å². The van der Waals surface area contributed by atoms with Crippen molar-refractivity contribution in [2.45, 2.75) is 45.7 Å². The Balaban J connectivity index is 1.53. The standard InChI is InChI=1S/C25H26FN5O4/c1-14(2)13-30-23-16(3-8-20(32)29-10-9-15-11-17(26)4-7-19(15)29)12-27-31(23)25(35)21(24(30)34)22(33)28-18-5-6-18/h3-4,7-8,11-12,14,18,34H,5-6,9-10,13H2,1-2H3,(H,28,33)/b8-3+. The summed E-state index contributed by atoms with van der Waals surface area (Å²) in [5.41, 5.74) is 1.10. The highest BCUT2D eigenvalue weighted by atomic mass is 19.1. The van der Waals surface area contributed by atoms with Crippen molar-refractivity contribution in [3.05, 3.63) is 63.3 Å². The zero-order valence-corrected chi connectivity index (χ0v) is 19.5. The van der Waals surface area contributed by atoms with Gasteiger partial charge in [-0.05, 0) is 55.0 Å². The first-order valence-electron chi connectivity index (χ1n) is 11.7. The summed E-state index contributed by atoms with van der Waals surface area (Å²) < 4.78 is 16.1. The van der Waals surface area contributed by atoms with E-state index in [1.807, 2.05) is 13.8 Å². The predicted octanol–water partition coefficient (Wildman–Crippen LogP) is 2.49. The maximum Gasteiger partial charge on any atom is 0.291 e. The fraction of sp³-hybridized carbons (Fsp3) is 0.360. The molecule has 35 heavy (non-hydrogen) atoms. The Kier molecular flexibility index (Phi) is 5.66. The molecule has 2 N–H and O–H groups in total. The number of hydrogen-bond donors (Lipinski definition) is 2. The summed E-state index contributed by atoms with van der Waals surface area (Å²) >= 11 is 0. The predicted molar refractivity (Wildman–Crippen MR) is 128 cm³/mol. The number of aromatic nitrogens is 3. The molecule has 0 atom stereocenters. The third-order valence-electron chi connectivity index (χ3n) is 6.21. The van der Waals surface area contributed by atoms with Gasteiger partial charge >= 0.3 is 0 Å². The van der Waals surface area contributed by atoms with Crippen molar-refractivity contribution in [2.24, 2.45) is 5.92 Å². The van der Waals surface area contributed by atoms with E-state index in [4.69, 9.17) is 0 Å². The van der Waals surface area contributed by atoms with Crippen LogP contribution < -0.4 is 15.8 Å². The van der Waals surface area contributed by atoms with Crippen LogP contribution in [0.4, 0.5) is 10.1 Å². The van der Waals surface area contributed by atoms with Crippen molar-refractivity contribution in [1.82, 2.24) is 19.5 Å². The molecule has 182 valence electrons. The number of aromatic hydroxyl groups is 1. The Bertz CT molecular complexity index is 1430. The summed E-state index contributed by atoms with van der Waals surface area (Å²) in [6.07, 6.45) is 6.58. The highest BCUT2D eigenvalue weighted by Gasteiger charge is 2.30. The minimum atomic E-state index is -0.725. The van der Waals surface area contributed by atoms with Gasteiger partial charge in [0.2, 0.25) is 5.88 Å². The van der Waals surface area contributed by atoms with E-state index in [0.717, 1.165) is 22.9 Å². The molecule has 0 unspecified atom stereocenters. The lowest BCUT2D eigenvalue weighted by atomic mass is 10.1. The van der Waals surface area contributed by atoms with Crippen LogP contribution in [-0.4, -0.2) is 43.7 Å².